The molecule has 0 saturated carbocycles. The van der Waals surface area contributed by atoms with Gasteiger partial charge in [-0.05, 0) is 57.9 Å². The molecule has 0 radical (unpaired) electrons. The molecule has 2 rings (SSSR count). The van der Waals surface area contributed by atoms with Gasteiger partial charge in [-0.2, -0.15) is 0 Å². The maximum Gasteiger partial charge on any atom is 0.410 e. The molecule has 2 aliphatic heterocycles. The lowest BCUT2D eigenvalue weighted by Gasteiger charge is -2.39. The molecule has 0 spiro atoms. The van der Waals surface area contributed by atoms with Crippen LogP contribution in [-0.4, -0.2) is 35.2 Å². The summed E-state index contributed by atoms with van der Waals surface area (Å²) in [5.41, 5.74) is 7.94. The maximum atomic E-state index is 12.2. The molecule has 0 N–H and O–H groups in total. The van der Waals surface area contributed by atoms with Crippen molar-refractivity contribution in [3.05, 3.63) is 10.4 Å². The minimum absolute atomic E-state index is 0.192. The van der Waals surface area contributed by atoms with Crippen molar-refractivity contribution in [3.8, 4) is 0 Å². The zero-order valence-electron chi connectivity index (χ0n) is 11.9. The van der Waals surface area contributed by atoms with E-state index in [1.54, 1.807) is 0 Å². The molecule has 2 aliphatic rings. The lowest BCUT2D eigenvalue weighted by Crippen LogP contribution is -2.48. The molecule has 106 valence electrons. The summed E-state index contributed by atoms with van der Waals surface area (Å²) in [5, 5.41) is 3.67. The van der Waals surface area contributed by atoms with Crippen molar-refractivity contribution in [3.63, 3.8) is 0 Å². The zero-order valence-corrected chi connectivity index (χ0v) is 11.9. The fourth-order valence-electron chi connectivity index (χ4n) is 3.20. The van der Waals surface area contributed by atoms with Gasteiger partial charge in [0, 0.05) is 23.5 Å². The van der Waals surface area contributed by atoms with Crippen LogP contribution in [0.4, 0.5) is 4.79 Å². The smallest absolute Gasteiger partial charge is 0.410 e. The molecule has 6 nitrogen and oxygen atoms in total. The van der Waals surface area contributed by atoms with Crippen LogP contribution in [0.5, 0.6) is 0 Å². The second-order valence-corrected chi connectivity index (χ2v) is 6.52. The second-order valence-electron chi connectivity index (χ2n) is 6.52. The van der Waals surface area contributed by atoms with Crippen LogP contribution >= 0.6 is 0 Å². The number of amides is 1. The van der Waals surface area contributed by atoms with Gasteiger partial charge in [0.25, 0.3) is 0 Å². The highest BCUT2D eigenvalue weighted by Gasteiger charge is 2.44. The molecule has 0 aromatic rings. The number of piperidine rings is 1. The molecule has 2 unspecified atom stereocenters. The maximum absolute atomic E-state index is 12.2. The molecule has 2 saturated heterocycles. The summed E-state index contributed by atoms with van der Waals surface area (Å²) in [6.07, 6.45) is 3.74. The SMILES string of the molecule is CC(C)(C)OC(=O)N1C2CCC1CC(CN=[N+]=[N-])C2. The van der Waals surface area contributed by atoms with Gasteiger partial charge in [0.15, 0.2) is 0 Å². The number of azide groups is 1. The summed E-state index contributed by atoms with van der Waals surface area (Å²) >= 11 is 0. The Kier molecular flexibility index (Phi) is 3.90. The Balaban J connectivity index is 1.99. The Morgan fingerprint density at radius 1 is 1.37 bits per heavy atom. The number of carbonyl (C=O) groups excluding carboxylic acids is 1. The summed E-state index contributed by atoms with van der Waals surface area (Å²) in [6.45, 7) is 6.22. The number of carbonyl (C=O) groups is 1. The number of hydrogen-bond donors (Lipinski definition) is 0. The van der Waals surface area contributed by atoms with Crippen molar-refractivity contribution >= 4 is 6.09 Å². The van der Waals surface area contributed by atoms with Gasteiger partial charge < -0.3 is 9.64 Å². The molecule has 0 aromatic heterocycles. The van der Waals surface area contributed by atoms with Gasteiger partial charge in [0.05, 0.1) is 0 Å². The third-order valence-electron chi connectivity index (χ3n) is 3.84. The summed E-state index contributed by atoms with van der Waals surface area (Å²) in [6, 6.07) is 0.514. The van der Waals surface area contributed by atoms with Crippen LogP contribution in [0.2, 0.25) is 0 Å². The van der Waals surface area contributed by atoms with Crippen molar-refractivity contribution in [2.75, 3.05) is 6.54 Å². The molecule has 19 heavy (non-hydrogen) atoms. The van der Waals surface area contributed by atoms with E-state index in [2.05, 4.69) is 10.0 Å². The first kappa shape index (κ1) is 14.0. The van der Waals surface area contributed by atoms with Crippen molar-refractivity contribution in [1.29, 1.82) is 0 Å². The lowest BCUT2D eigenvalue weighted by molar-refractivity contribution is 0.00263. The monoisotopic (exact) mass is 266 g/mol. The first-order chi connectivity index (χ1) is 8.90. The number of rotatable bonds is 2. The standard InChI is InChI=1S/C13H22N4O2/c1-13(2,3)19-12(18)17-10-4-5-11(17)7-9(6-10)8-15-16-14/h9-11H,4-8H2,1-3H3. The molecule has 6 heteroatoms. The normalized spacial score (nSPS) is 29.8. The van der Waals surface area contributed by atoms with Gasteiger partial charge in [-0.25, -0.2) is 4.79 Å². The Bertz CT molecular complexity index is 384. The van der Waals surface area contributed by atoms with Crippen LogP contribution in [0, 0.1) is 5.92 Å². The summed E-state index contributed by atoms with van der Waals surface area (Å²) in [7, 11) is 0. The number of fused-ring (bicyclic) bond motifs is 2. The van der Waals surface area contributed by atoms with E-state index < -0.39 is 5.60 Å². The molecular weight excluding hydrogens is 244 g/mol. The highest BCUT2D eigenvalue weighted by molar-refractivity contribution is 5.69. The van der Waals surface area contributed by atoms with E-state index in [0.29, 0.717) is 12.5 Å². The lowest BCUT2D eigenvalue weighted by atomic mass is 9.91. The van der Waals surface area contributed by atoms with Gasteiger partial charge in [-0.1, -0.05) is 5.11 Å². The largest absolute Gasteiger partial charge is 0.444 e. The van der Waals surface area contributed by atoms with Gasteiger partial charge in [0.2, 0.25) is 0 Å². The minimum atomic E-state index is -0.446. The van der Waals surface area contributed by atoms with E-state index in [1.807, 2.05) is 25.7 Å². The van der Waals surface area contributed by atoms with Crippen LogP contribution < -0.4 is 0 Å². The van der Waals surface area contributed by atoms with E-state index >= 15 is 0 Å². The summed E-state index contributed by atoms with van der Waals surface area (Å²) in [5.74, 6) is 0.409. The molecule has 0 aliphatic carbocycles. The molecular formula is C13H22N4O2. The Morgan fingerprint density at radius 3 is 2.42 bits per heavy atom. The van der Waals surface area contributed by atoms with E-state index in [4.69, 9.17) is 10.3 Å². The highest BCUT2D eigenvalue weighted by Crippen LogP contribution is 2.39. The number of nitrogens with zero attached hydrogens (tertiary/aromatic N) is 4. The first-order valence-corrected chi connectivity index (χ1v) is 6.93. The molecule has 2 heterocycles. The summed E-state index contributed by atoms with van der Waals surface area (Å²) < 4.78 is 5.48. The number of hydrogen-bond acceptors (Lipinski definition) is 3. The van der Waals surface area contributed by atoms with E-state index in [-0.39, 0.29) is 18.2 Å². The van der Waals surface area contributed by atoms with Gasteiger partial charge in [-0.15, -0.1) is 0 Å². The topological polar surface area (TPSA) is 78.3 Å². The number of ether oxygens (including phenoxy) is 1. The molecule has 2 bridgehead atoms. The quantitative estimate of drug-likeness (QED) is 0.435. The molecule has 0 aromatic carbocycles. The third kappa shape index (κ3) is 3.32. The average Bonchev–Trinajstić information content (AvgIpc) is 2.56. The predicted molar refractivity (Wildman–Crippen MR) is 71.6 cm³/mol. The predicted octanol–water partition coefficient (Wildman–Crippen LogP) is 3.47. The van der Waals surface area contributed by atoms with Crippen molar-refractivity contribution in [2.24, 2.45) is 11.0 Å². The second kappa shape index (κ2) is 5.29. The van der Waals surface area contributed by atoms with Crippen LogP contribution in [-0.2, 0) is 4.74 Å². The van der Waals surface area contributed by atoms with Crippen LogP contribution in [0.3, 0.4) is 0 Å². The van der Waals surface area contributed by atoms with E-state index in [1.165, 1.54) is 0 Å². The van der Waals surface area contributed by atoms with E-state index in [9.17, 15) is 4.79 Å². The van der Waals surface area contributed by atoms with Crippen molar-refractivity contribution in [1.82, 2.24) is 4.90 Å². The minimum Gasteiger partial charge on any atom is -0.444 e. The van der Waals surface area contributed by atoms with Crippen LogP contribution in [0.1, 0.15) is 46.5 Å². The fraction of sp³-hybridized carbons (Fsp3) is 0.923. The van der Waals surface area contributed by atoms with Gasteiger partial charge in [0.1, 0.15) is 5.60 Å². The highest BCUT2D eigenvalue weighted by atomic mass is 16.6. The molecule has 1 amide bonds. The van der Waals surface area contributed by atoms with Gasteiger partial charge in [-0.3, -0.25) is 0 Å². The van der Waals surface area contributed by atoms with Crippen molar-refractivity contribution in [2.45, 2.75) is 64.1 Å². The van der Waals surface area contributed by atoms with Gasteiger partial charge >= 0.3 is 6.09 Å². The fourth-order valence-corrected chi connectivity index (χ4v) is 3.20. The Labute approximate surface area is 113 Å². The van der Waals surface area contributed by atoms with Crippen molar-refractivity contribution < 1.29 is 9.53 Å². The summed E-state index contributed by atoms with van der Waals surface area (Å²) in [4.78, 5) is 17.0. The van der Waals surface area contributed by atoms with Crippen LogP contribution in [0.25, 0.3) is 10.4 Å². The zero-order chi connectivity index (χ0) is 14.0. The first-order valence-electron chi connectivity index (χ1n) is 6.93. The molecule has 2 atom stereocenters. The van der Waals surface area contributed by atoms with E-state index in [0.717, 1.165) is 25.7 Å². The Morgan fingerprint density at radius 2 is 1.95 bits per heavy atom. The average molecular weight is 266 g/mol. The third-order valence-corrected chi connectivity index (χ3v) is 3.84. The van der Waals surface area contributed by atoms with Crippen LogP contribution in [0.15, 0.2) is 5.11 Å². The Hall–Kier alpha value is -1.42. The molecule has 2 fully saturated rings.